The van der Waals surface area contributed by atoms with E-state index >= 15 is 0 Å². The topological polar surface area (TPSA) is 96.2 Å². The van der Waals surface area contributed by atoms with Crippen molar-refractivity contribution in [2.75, 3.05) is 24.5 Å². The lowest BCUT2D eigenvalue weighted by molar-refractivity contribution is -0.121. The molecule has 3 amide bonds. The predicted octanol–water partition coefficient (Wildman–Crippen LogP) is 1.22. The van der Waals surface area contributed by atoms with E-state index in [1.54, 1.807) is 33.2 Å². The Morgan fingerprint density at radius 1 is 1.19 bits per heavy atom. The average Bonchev–Trinajstić information content (AvgIpc) is 3.25. The molecule has 2 unspecified atom stereocenters. The normalized spacial score (nSPS) is 23.3. The number of pyridine rings is 1. The van der Waals surface area contributed by atoms with Crippen LogP contribution in [0.25, 0.3) is 0 Å². The SMILES string of the molecule is O=C(NC1CCCN(c2cccnc2)C1=O)N1CCCC(n2cncn2)C1. The number of carbonyl (C=O) groups is 2. The van der Waals surface area contributed by atoms with Gasteiger partial charge in [0.2, 0.25) is 5.91 Å². The van der Waals surface area contributed by atoms with Gasteiger partial charge in [0.1, 0.15) is 18.7 Å². The Hall–Kier alpha value is -2.97. The van der Waals surface area contributed by atoms with E-state index in [2.05, 4.69) is 20.4 Å². The Bertz CT molecular complexity index is 780. The monoisotopic (exact) mass is 369 g/mol. The fourth-order valence-corrected chi connectivity index (χ4v) is 3.78. The molecule has 9 heteroatoms. The van der Waals surface area contributed by atoms with Gasteiger partial charge in [0.25, 0.3) is 0 Å². The highest BCUT2D eigenvalue weighted by atomic mass is 16.2. The number of aromatic nitrogens is 4. The molecule has 27 heavy (non-hydrogen) atoms. The van der Waals surface area contributed by atoms with Crippen LogP contribution in [0, 0.1) is 0 Å². The molecular weight excluding hydrogens is 346 g/mol. The van der Waals surface area contributed by atoms with Gasteiger partial charge in [-0.05, 0) is 37.8 Å². The van der Waals surface area contributed by atoms with Gasteiger partial charge in [-0.3, -0.25) is 9.78 Å². The highest BCUT2D eigenvalue weighted by molar-refractivity contribution is 5.99. The molecule has 2 fully saturated rings. The van der Waals surface area contributed by atoms with Crippen molar-refractivity contribution in [3.63, 3.8) is 0 Å². The molecule has 0 radical (unpaired) electrons. The molecule has 2 aliphatic heterocycles. The summed E-state index contributed by atoms with van der Waals surface area (Å²) in [5.41, 5.74) is 0.769. The van der Waals surface area contributed by atoms with Gasteiger partial charge >= 0.3 is 6.03 Å². The second-order valence-corrected chi connectivity index (χ2v) is 6.96. The second kappa shape index (κ2) is 7.73. The van der Waals surface area contributed by atoms with Crippen molar-refractivity contribution in [3.05, 3.63) is 37.2 Å². The zero-order valence-electron chi connectivity index (χ0n) is 15.1. The quantitative estimate of drug-likeness (QED) is 0.877. The average molecular weight is 369 g/mol. The number of nitrogens with one attached hydrogen (secondary N) is 1. The summed E-state index contributed by atoms with van der Waals surface area (Å²) in [6.45, 7) is 1.90. The molecule has 0 saturated carbocycles. The standard InChI is InChI=1S/C18H23N7O2/c26-17-16(6-3-9-24(17)14-4-1-7-19-10-14)22-18(27)23-8-2-5-15(11-23)25-13-20-12-21-25/h1,4,7,10,12-13,15-16H,2-3,5-6,8-9,11H2,(H,22,27). The Kier molecular flexibility index (Phi) is 4.99. The summed E-state index contributed by atoms with van der Waals surface area (Å²) < 4.78 is 1.80. The van der Waals surface area contributed by atoms with Crippen LogP contribution < -0.4 is 10.2 Å². The lowest BCUT2D eigenvalue weighted by Gasteiger charge is -2.36. The molecule has 2 atom stereocenters. The number of hydrogen-bond donors (Lipinski definition) is 1. The van der Waals surface area contributed by atoms with Crippen LogP contribution in [0.2, 0.25) is 0 Å². The third kappa shape index (κ3) is 3.76. The van der Waals surface area contributed by atoms with Gasteiger partial charge in [-0.2, -0.15) is 5.10 Å². The van der Waals surface area contributed by atoms with Gasteiger partial charge in [0.15, 0.2) is 0 Å². The molecule has 0 bridgehead atoms. The maximum atomic E-state index is 12.8. The van der Waals surface area contributed by atoms with E-state index in [0.717, 1.165) is 24.9 Å². The summed E-state index contributed by atoms with van der Waals surface area (Å²) in [7, 11) is 0. The second-order valence-electron chi connectivity index (χ2n) is 6.96. The minimum absolute atomic E-state index is 0.0764. The number of piperidine rings is 2. The minimum atomic E-state index is -0.502. The molecule has 2 aromatic heterocycles. The maximum absolute atomic E-state index is 12.8. The number of anilines is 1. The molecule has 1 N–H and O–H groups in total. The molecule has 2 saturated heterocycles. The lowest BCUT2D eigenvalue weighted by atomic mass is 10.0. The molecule has 142 valence electrons. The van der Waals surface area contributed by atoms with Crippen molar-refractivity contribution in [2.45, 2.75) is 37.8 Å². The number of hydrogen-bond acceptors (Lipinski definition) is 5. The first kappa shape index (κ1) is 17.4. The van der Waals surface area contributed by atoms with Gasteiger partial charge in [0, 0.05) is 25.8 Å². The fourth-order valence-electron chi connectivity index (χ4n) is 3.78. The third-order valence-electron chi connectivity index (χ3n) is 5.19. The Labute approximate surface area is 157 Å². The van der Waals surface area contributed by atoms with Crippen LogP contribution in [-0.4, -0.2) is 62.3 Å². The number of rotatable bonds is 3. The molecule has 4 heterocycles. The zero-order chi connectivity index (χ0) is 18.6. The van der Waals surface area contributed by atoms with Crippen LogP contribution in [-0.2, 0) is 4.79 Å². The molecule has 0 spiro atoms. The molecule has 4 rings (SSSR count). The minimum Gasteiger partial charge on any atom is -0.326 e. The molecule has 2 aromatic rings. The van der Waals surface area contributed by atoms with Crippen molar-refractivity contribution in [1.29, 1.82) is 0 Å². The first-order chi connectivity index (χ1) is 13.2. The van der Waals surface area contributed by atoms with Crippen molar-refractivity contribution in [1.82, 2.24) is 30.0 Å². The van der Waals surface area contributed by atoms with E-state index in [-0.39, 0.29) is 18.0 Å². The van der Waals surface area contributed by atoms with Crippen LogP contribution in [0.15, 0.2) is 37.2 Å². The highest BCUT2D eigenvalue weighted by Gasteiger charge is 2.33. The molecular formula is C18H23N7O2. The number of urea groups is 1. The van der Waals surface area contributed by atoms with Crippen LogP contribution in [0.1, 0.15) is 31.7 Å². The largest absolute Gasteiger partial charge is 0.326 e. The van der Waals surface area contributed by atoms with Crippen molar-refractivity contribution < 1.29 is 9.59 Å². The fraction of sp³-hybridized carbons (Fsp3) is 0.500. The van der Waals surface area contributed by atoms with E-state index < -0.39 is 6.04 Å². The summed E-state index contributed by atoms with van der Waals surface area (Å²) in [4.78, 5) is 37.1. The van der Waals surface area contributed by atoms with Crippen molar-refractivity contribution in [3.8, 4) is 0 Å². The van der Waals surface area contributed by atoms with Crippen molar-refractivity contribution >= 4 is 17.6 Å². The Morgan fingerprint density at radius 2 is 2.07 bits per heavy atom. The molecule has 0 aromatic carbocycles. The van der Waals surface area contributed by atoms with Gasteiger partial charge in [0.05, 0.1) is 17.9 Å². The van der Waals surface area contributed by atoms with Crippen LogP contribution in [0.4, 0.5) is 10.5 Å². The first-order valence-corrected chi connectivity index (χ1v) is 9.33. The van der Waals surface area contributed by atoms with E-state index in [9.17, 15) is 9.59 Å². The van der Waals surface area contributed by atoms with Crippen molar-refractivity contribution in [2.24, 2.45) is 0 Å². The summed E-state index contributed by atoms with van der Waals surface area (Å²) >= 11 is 0. The van der Waals surface area contributed by atoms with E-state index in [0.29, 0.717) is 26.1 Å². The van der Waals surface area contributed by atoms with Gasteiger partial charge in [-0.1, -0.05) is 0 Å². The molecule has 2 aliphatic rings. The lowest BCUT2D eigenvalue weighted by Crippen LogP contribution is -2.56. The third-order valence-corrected chi connectivity index (χ3v) is 5.19. The van der Waals surface area contributed by atoms with E-state index in [1.807, 2.05) is 12.1 Å². The number of nitrogens with zero attached hydrogens (tertiary/aromatic N) is 6. The zero-order valence-corrected chi connectivity index (χ0v) is 15.1. The Balaban J connectivity index is 1.39. The number of amides is 3. The highest BCUT2D eigenvalue weighted by Crippen LogP contribution is 2.22. The summed E-state index contributed by atoms with van der Waals surface area (Å²) in [5, 5.41) is 7.12. The summed E-state index contributed by atoms with van der Waals surface area (Å²) in [6, 6.07) is 3.11. The van der Waals surface area contributed by atoms with Gasteiger partial charge < -0.3 is 15.1 Å². The molecule has 0 aliphatic carbocycles. The van der Waals surface area contributed by atoms with E-state index in [1.165, 1.54) is 6.33 Å². The van der Waals surface area contributed by atoms with Crippen LogP contribution in [0.3, 0.4) is 0 Å². The van der Waals surface area contributed by atoms with Crippen LogP contribution >= 0.6 is 0 Å². The number of carbonyl (C=O) groups excluding carboxylic acids is 2. The predicted molar refractivity (Wildman–Crippen MR) is 98.0 cm³/mol. The van der Waals surface area contributed by atoms with Gasteiger partial charge in [-0.25, -0.2) is 14.5 Å². The number of likely N-dealkylation sites (tertiary alicyclic amines) is 1. The van der Waals surface area contributed by atoms with E-state index in [4.69, 9.17) is 0 Å². The summed E-state index contributed by atoms with van der Waals surface area (Å²) in [5.74, 6) is -0.0764. The Morgan fingerprint density at radius 3 is 2.85 bits per heavy atom. The summed E-state index contributed by atoms with van der Waals surface area (Å²) in [6.07, 6.45) is 9.90. The molecule has 9 nitrogen and oxygen atoms in total. The first-order valence-electron chi connectivity index (χ1n) is 9.33. The van der Waals surface area contributed by atoms with Crippen LogP contribution in [0.5, 0.6) is 0 Å². The smallest absolute Gasteiger partial charge is 0.318 e. The van der Waals surface area contributed by atoms with Gasteiger partial charge in [-0.15, -0.1) is 0 Å². The maximum Gasteiger partial charge on any atom is 0.318 e.